The van der Waals surface area contributed by atoms with E-state index in [1.165, 1.54) is 18.4 Å². The molecule has 3 rings (SSSR count). The number of hydrogen-bond acceptors (Lipinski definition) is 1. The first-order valence-electron chi connectivity index (χ1n) is 5.26. The van der Waals surface area contributed by atoms with Gasteiger partial charge in [-0.3, -0.25) is 4.79 Å². The monoisotopic (exact) mass is 187 g/mol. The summed E-state index contributed by atoms with van der Waals surface area (Å²) in [5, 5.41) is 3.10. The van der Waals surface area contributed by atoms with Gasteiger partial charge in [-0.15, -0.1) is 0 Å². The van der Waals surface area contributed by atoms with E-state index in [2.05, 4.69) is 11.4 Å². The molecule has 0 radical (unpaired) electrons. The molecule has 14 heavy (non-hydrogen) atoms. The zero-order chi connectivity index (χ0) is 9.54. The summed E-state index contributed by atoms with van der Waals surface area (Å²) in [6.45, 7) is 0. The van der Waals surface area contributed by atoms with Gasteiger partial charge in [0.05, 0.1) is 0 Å². The number of carbonyl (C=O) groups is 1. The molecule has 1 aromatic rings. The van der Waals surface area contributed by atoms with Crippen LogP contribution in [-0.4, -0.2) is 11.9 Å². The van der Waals surface area contributed by atoms with Gasteiger partial charge in [0, 0.05) is 17.5 Å². The Morgan fingerprint density at radius 2 is 2.07 bits per heavy atom. The summed E-state index contributed by atoms with van der Waals surface area (Å²) in [6, 6.07) is 8.41. The predicted molar refractivity (Wildman–Crippen MR) is 54.3 cm³/mol. The molecule has 1 amide bonds. The molecule has 1 aliphatic heterocycles. The smallest absolute Gasteiger partial charge is 0.251 e. The fourth-order valence-electron chi connectivity index (χ4n) is 2.78. The molecule has 1 saturated carbocycles. The molecular formula is C12H13NO. The van der Waals surface area contributed by atoms with Crippen LogP contribution < -0.4 is 5.32 Å². The Balaban J connectivity index is 2.13. The summed E-state index contributed by atoms with van der Waals surface area (Å²) in [7, 11) is 0. The molecule has 2 heteroatoms. The van der Waals surface area contributed by atoms with E-state index >= 15 is 0 Å². The van der Waals surface area contributed by atoms with E-state index < -0.39 is 0 Å². The van der Waals surface area contributed by atoms with E-state index in [-0.39, 0.29) is 5.91 Å². The van der Waals surface area contributed by atoms with Gasteiger partial charge >= 0.3 is 0 Å². The minimum absolute atomic E-state index is 0.115. The van der Waals surface area contributed by atoms with Gasteiger partial charge in [0.25, 0.3) is 5.91 Å². The fraction of sp³-hybridized carbons (Fsp3) is 0.417. The second kappa shape index (κ2) is 2.84. The van der Waals surface area contributed by atoms with Crippen LogP contribution in [0.4, 0.5) is 0 Å². The quantitative estimate of drug-likeness (QED) is 0.661. The summed E-state index contributed by atoms with van der Waals surface area (Å²) in [5.41, 5.74) is 2.15. The lowest BCUT2D eigenvalue weighted by Gasteiger charge is -2.28. The summed E-state index contributed by atoms with van der Waals surface area (Å²) in [6.07, 6.45) is 3.61. The fourth-order valence-corrected chi connectivity index (χ4v) is 2.78. The van der Waals surface area contributed by atoms with Crippen molar-refractivity contribution >= 4 is 5.91 Å². The molecule has 0 spiro atoms. The van der Waals surface area contributed by atoms with Crippen LogP contribution in [0.5, 0.6) is 0 Å². The van der Waals surface area contributed by atoms with E-state index in [1.54, 1.807) is 0 Å². The van der Waals surface area contributed by atoms with Gasteiger partial charge in [-0.2, -0.15) is 0 Å². The van der Waals surface area contributed by atoms with E-state index in [0.717, 1.165) is 12.0 Å². The molecule has 2 nitrogen and oxygen atoms in total. The second-order valence-corrected chi connectivity index (χ2v) is 4.20. The average molecular weight is 187 g/mol. The van der Waals surface area contributed by atoms with E-state index in [9.17, 15) is 4.79 Å². The average Bonchev–Trinajstić information content (AvgIpc) is 2.66. The van der Waals surface area contributed by atoms with Crippen molar-refractivity contribution in [2.75, 3.05) is 0 Å². The number of nitrogens with one attached hydrogen (secondary N) is 1. The Labute approximate surface area is 83.3 Å². The van der Waals surface area contributed by atoms with Crippen LogP contribution in [0.25, 0.3) is 0 Å². The van der Waals surface area contributed by atoms with Crippen molar-refractivity contribution in [2.24, 2.45) is 0 Å². The van der Waals surface area contributed by atoms with Crippen LogP contribution in [0.3, 0.4) is 0 Å². The maximum absolute atomic E-state index is 11.7. The van der Waals surface area contributed by atoms with Crippen molar-refractivity contribution in [1.82, 2.24) is 5.32 Å². The normalized spacial score (nSPS) is 29.3. The lowest BCUT2D eigenvalue weighted by atomic mass is 9.86. The third kappa shape index (κ3) is 0.999. The second-order valence-electron chi connectivity index (χ2n) is 4.20. The molecule has 0 aromatic heterocycles. The Kier molecular flexibility index (Phi) is 1.63. The van der Waals surface area contributed by atoms with E-state index in [4.69, 9.17) is 0 Å². The van der Waals surface area contributed by atoms with Gasteiger partial charge in [0.1, 0.15) is 0 Å². The Bertz CT molecular complexity index is 386. The van der Waals surface area contributed by atoms with Crippen molar-refractivity contribution in [2.45, 2.75) is 31.2 Å². The number of fused-ring (bicyclic) bond motifs is 3. The number of amides is 1. The molecule has 0 saturated heterocycles. The first-order valence-corrected chi connectivity index (χ1v) is 5.26. The van der Waals surface area contributed by atoms with Crippen LogP contribution in [0, 0.1) is 0 Å². The highest BCUT2D eigenvalue weighted by atomic mass is 16.1. The highest BCUT2D eigenvalue weighted by Gasteiger charge is 2.36. The molecule has 0 unspecified atom stereocenters. The van der Waals surface area contributed by atoms with Crippen LogP contribution in [0.1, 0.15) is 41.1 Å². The molecule has 1 aliphatic carbocycles. The van der Waals surface area contributed by atoms with Gasteiger partial charge < -0.3 is 5.32 Å². The van der Waals surface area contributed by atoms with Crippen molar-refractivity contribution in [3.63, 3.8) is 0 Å². The van der Waals surface area contributed by atoms with Crippen LogP contribution >= 0.6 is 0 Å². The van der Waals surface area contributed by atoms with Gasteiger partial charge in [0.15, 0.2) is 0 Å². The lowest BCUT2D eigenvalue weighted by Crippen LogP contribution is -2.41. The minimum atomic E-state index is 0.115. The Morgan fingerprint density at radius 3 is 3.00 bits per heavy atom. The van der Waals surface area contributed by atoms with Crippen LogP contribution in [-0.2, 0) is 0 Å². The lowest BCUT2D eigenvalue weighted by molar-refractivity contribution is 0.0920. The highest BCUT2D eigenvalue weighted by molar-refractivity contribution is 5.97. The molecule has 72 valence electrons. The summed E-state index contributed by atoms with van der Waals surface area (Å²) in [5.74, 6) is 0.688. The topological polar surface area (TPSA) is 29.1 Å². The standard InChI is InChI=1S/C12H13NO/c14-12-10-5-2-1-4-8(10)9-6-3-7-11(9)13-12/h1-2,4-5,9,11H,3,6-7H2,(H,13,14)/t9-,11-/m0/s1. The van der Waals surface area contributed by atoms with Crippen molar-refractivity contribution in [1.29, 1.82) is 0 Å². The molecule has 1 N–H and O–H groups in total. The van der Waals surface area contributed by atoms with Crippen molar-refractivity contribution in [3.8, 4) is 0 Å². The molecule has 1 heterocycles. The van der Waals surface area contributed by atoms with Gasteiger partial charge in [-0.05, 0) is 24.5 Å². The maximum Gasteiger partial charge on any atom is 0.251 e. The summed E-state index contributed by atoms with van der Waals surface area (Å²) >= 11 is 0. The third-order valence-corrected chi connectivity index (χ3v) is 3.44. The van der Waals surface area contributed by atoms with Crippen molar-refractivity contribution in [3.05, 3.63) is 35.4 Å². The number of rotatable bonds is 0. The first-order chi connectivity index (χ1) is 6.86. The molecule has 2 atom stereocenters. The highest BCUT2D eigenvalue weighted by Crippen LogP contribution is 2.38. The molecular weight excluding hydrogens is 174 g/mol. The third-order valence-electron chi connectivity index (χ3n) is 3.44. The number of carbonyl (C=O) groups excluding carboxylic acids is 1. The first kappa shape index (κ1) is 8.04. The Hall–Kier alpha value is -1.31. The largest absolute Gasteiger partial charge is 0.349 e. The van der Waals surface area contributed by atoms with Gasteiger partial charge in [0.2, 0.25) is 0 Å². The summed E-state index contributed by atoms with van der Waals surface area (Å²) < 4.78 is 0. The van der Waals surface area contributed by atoms with E-state index in [1.807, 2.05) is 18.2 Å². The molecule has 1 aromatic carbocycles. The van der Waals surface area contributed by atoms with Crippen LogP contribution in [0.15, 0.2) is 24.3 Å². The predicted octanol–water partition coefficient (Wildman–Crippen LogP) is 2.07. The minimum Gasteiger partial charge on any atom is -0.349 e. The Morgan fingerprint density at radius 1 is 1.21 bits per heavy atom. The molecule has 1 fully saturated rings. The van der Waals surface area contributed by atoms with Crippen LogP contribution in [0.2, 0.25) is 0 Å². The van der Waals surface area contributed by atoms with Gasteiger partial charge in [-0.25, -0.2) is 0 Å². The van der Waals surface area contributed by atoms with Crippen molar-refractivity contribution < 1.29 is 4.79 Å². The van der Waals surface area contributed by atoms with E-state index in [0.29, 0.717) is 12.0 Å². The number of benzene rings is 1. The molecule has 0 bridgehead atoms. The zero-order valence-electron chi connectivity index (χ0n) is 7.99. The number of hydrogen-bond donors (Lipinski definition) is 1. The maximum atomic E-state index is 11.7. The SMILES string of the molecule is O=C1N[C@H]2CCC[C@H]2c2ccccc21. The zero-order valence-corrected chi connectivity index (χ0v) is 7.99. The molecule has 2 aliphatic rings. The van der Waals surface area contributed by atoms with Gasteiger partial charge in [-0.1, -0.05) is 24.6 Å². The summed E-state index contributed by atoms with van der Waals surface area (Å²) in [4.78, 5) is 11.7.